The third-order valence-electron chi connectivity index (χ3n) is 3.24. The Hall–Kier alpha value is -1.46. The van der Waals surface area contributed by atoms with Crippen molar-refractivity contribution in [2.24, 2.45) is 16.3 Å². The normalized spacial score (nSPS) is 20.7. The van der Waals surface area contributed by atoms with Crippen LogP contribution >= 0.6 is 0 Å². The number of rotatable bonds is 1. The Morgan fingerprint density at radius 3 is 2.28 bits per heavy atom. The maximum absolute atomic E-state index is 11.9. The molecule has 0 bridgehead atoms. The van der Waals surface area contributed by atoms with E-state index in [1.165, 1.54) is 0 Å². The van der Waals surface area contributed by atoms with E-state index >= 15 is 0 Å². The summed E-state index contributed by atoms with van der Waals surface area (Å²) in [7, 11) is 0. The Balaban J connectivity index is 2.57. The Morgan fingerprint density at radius 2 is 1.89 bits per heavy atom. The minimum Gasteiger partial charge on any atom is -0.444 e. The van der Waals surface area contributed by atoms with Crippen molar-refractivity contribution in [3.05, 3.63) is 0 Å². The molecule has 0 unspecified atom stereocenters. The van der Waals surface area contributed by atoms with Crippen molar-refractivity contribution in [3.8, 4) is 0 Å². The van der Waals surface area contributed by atoms with Crippen LogP contribution in [0, 0.1) is 5.41 Å². The lowest BCUT2D eigenvalue weighted by Gasteiger charge is -2.38. The van der Waals surface area contributed by atoms with Crippen molar-refractivity contribution in [2.45, 2.75) is 46.1 Å². The van der Waals surface area contributed by atoms with E-state index in [4.69, 9.17) is 15.7 Å². The van der Waals surface area contributed by atoms with Gasteiger partial charge in [0.15, 0.2) is 0 Å². The van der Waals surface area contributed by atoms with Crippen molar-refractivity contribution in [1.29, 1.82) is 0 Å². The van der Waals surface area contributed by atoms with Crippen molar-refractivity contribution < 1.29 is 14.7 Å². The van der Waals surface area contributed by atoms with Gasteiger partial charge in [-0.1, -0.05) is 12.1 Å². The number of nitrogens with zero attached hydrogens (tertiary/aromatic N) is 2. The molecule has 0 aromatic carbocycles. The molecule has 0 saturated carbocycles. The standard InChI is InChI=1S/C12H23N3O3/c1-11(2,3)18-10(16)15-7-5-12(4,6-8-15)9(13)14-17/h17H,5-8H2,1-4H3,(H2,13,14). The first-order valence-corrected chi connectivity index (χ1v) is 6.14. The molecule has 1 aliphatic heterocycles. The topological polar surface area (TPSA) is 88.2 Å². The maximum Gasteiger partial charge on any atom is 0.410 e. The van der Waals surface area contributed by atoms with E-state index in [2.05, 4.69) is 5.16 Å². The van der Waals surface area contributed by atoms with Gasteiger partial charge in [-0.2, -0.15) is 0 Å². The van der Waals surface area contributed by atoms with Crippen LogP contribution in [0.25, 0.3) is 0 Å². The summed E-state index contributed by atoms with van der Waals surface area (Å²) in [4.78, 5) is 13.5. The maximum atomic E-state index is 11.9. The van der Waals surface area contributed by atoms with Crippen molar-refractivity contribution in [1.82, 2.24) is 4.90 Å². The number of carbonyl (C=O) groups is 1. The van der Waals surface area contributed by atoms with Crippen molar-refractivity contribution in [2.75, 3.05) is 13.1 Å². The highest BCUT2D eigenvalue weighted by atomic mass is 16.6. The van der Waals surface area contributed by atoms with Gasteiger partial charge in [-0.15, -0.1) is 0 Å². The first-order valence-electron chi connectivity index (χ1n) is 6.14. The predicted molar refractivity (Wildman–Crippen MR) is 68.6 cm³/mol. The third kappa shape index (κ3) is 3.51. The fourth-order valence-electron chi connectivity index (χ4n) is 1.89. The second-order valence-corrected chi connectivity index (χ2v) is 6.01. The van der Waals surface area contributed by atoms with E-state index in [1.54, 1.807) is 4.90 Å². The lowest BCUT2D eigenvalue weighted by atomic mass is 9.79. The van der Waals surface area contributed by atoms with E-state index in [0.717, 1.165) is 0 Å². The largest absolute Gasteiger partial charge is 0.444 e. The Kier molecular flexibility index (Phi) is 4.09. The highest BCUT2D eigenvalue weighted by molar-refractivity contribution is 5.86. The van der Waals surface area contributed by atoms with E-state index in [-0.39, 0.29) is 17.3 Å². The minimum atomic E-state index is -0.483. The van der Waals surface area contributed by atoms with Crippen LogP contribution in [0.3, 0.4) is 0 Å². The molecule has 1 rings (SSSR count). The summed E-state index contributed by atoms with van der Waals surface area (Å²) < 4.78 is 5.31. The molecule has 6 nitrogen and oxygen atoms in total. The summed E-state index contributed by atoms with van der Waals surface area (Å²) in [5.74, 6) is 0.228. The molecule has 1 amide bonds. The summed E-state index contributed by atoms with van der Waals surface area (Å²) in [5.41, 5.74) is 4.85. The van der Waals surface area contributed by atoms with Crippen LogP contribution in [-0.4, -0.2) is 40.7 Å². The van der Waals surface area contributed by atoms with Crippen LogP contribution < -0.4 is 5.73 Å². The van der Waals surface area contributed by atoms with Crippen LogP contribution in [0.15, 0.2) is 5.16 Å². The van der Waals surface area contributed by atoms with Crippen LogP contribution in [0.4, 0.5) is 4.79 Å². The van der Waals surface area contributed by atoms with E-state index in [1.807, 2.05) is 27.7 Å². The van der Waals surface area contributed by atoms with Gasteiger partial charge in [0.25, 0.3) is 0 Å². The molecule has 1 saturated heterocycles. The average Bonchev–Trinajstić information content (AvgIpc) is 2.26. The number of likely N-dealkylation sites (tertiary alicyclic amines) is 1. The molecule has 0 spiro atoms. The zero-order valence-corrected chi connectivity index (χ0v) is 11.6. The molecule has 1 aliphatic rings. The van der Waals surface area contributed by atoms with Crippen LogP contribution in [0.2, 0.25) is 0 Å². The number of amides is 1. The number of hydrogen-bond acceptors (Lipinski definition) is 4. The van der Waals surface area contributed by atoms with Crippen LogP contribution in [0.5, 0.6) is 0 Å². The highest BCUT2D eigenvalue weighted by Gasteiger charge is 2.36. The molecule has 3 N–H and O–H groups in total. The Morgan fingerprint density at radius 1 is 1.39 bits per heavy atom. The number of carbonyl (C=O) groups excluding carboxylic acids is 1. The molecular formula is C12H23N3O3. The van der Waals surface area contributed by atoms with Gasteiger partial charge >= 0.3 is 6.09 Å². The summed E-state index contributed by atoms with van der Waals surface area (Å²) in [6.07, 6.45) is 1.04. The summed E-state index contributed by atoms with van der Waals surface area (Å²) >= 11 is 0. The lowest BCUT2D eigenvalue weighted by Crippen LogP contribution is -2.48. The molecule has 6 heteroatoms. The average molecular weight is 257 g/mol. The molecule has 1 fully saturated rings. The van der Waals surface area contributed by atoms with Gasteiger partial charge < -0.3 is 20.6 Å². The van der Waals surface area contributed by atoms with Crippen molar-refractivity contribution in [3.63, 3.8) is 0 Å². The number of oxime groups is 1. The number of amidine groups is 1. The summed E-state index contributed by atoms with van der Waals surface area (Å²) in [6.45, 7) is 8.58. The zero-order chi connectivity index (χ0) is 14.0. The highest BCUT2D eigenvalue weighted by Crippen LogP contribution is 2.31. The molecule has 0 radical (unpaired) electrons. The fraction of sp³-hybridized carbons (Fsp3) is 0.833. The quantitative estimate of drug-likeness (QED) is 0.324. The van der Waals surface area contributed by atoms with Crippen molar-refractivity contribution >= 4 is 11.9 Å². The van der Waals surface area contributed by atoms with Gasteiger partial charge in [0, 0.05) is 18.5 Å². The van der Waals surface area contributed by atoms with Gasteiger partial charge in [0.05, 0.1) is 0 Å². The molecule has 0 aromatic heterocycles. The lowest BCUT2D eigenvalue weighted by molar-refractivity contribution is 0.0164. The molecule has 18 heavy (non-hydrogen) atoms. The molecule has 0 aliphatic carbocycles. The first kappa shape index (κ1) is 14.6. The Labute approximate surface area is 108 Å². The second-order valence-electron chi connectivity index (χ2n) is 6.01. The zero-order valence-electron chi connectivity index (χ0n) is 11.6. The van der Waals surface area contributed by atoms with E-state index in [9.17, 15) is 4.79 Å². The third-order valence-corrected chi connectivity index (χ3v) is 3.24. The molecule has 0 aromatic rings. The summed E-state index contributed by atoms with van der Waals surface area (Å²) in [6, 6.07) is 0. The smallest absolute Gasteiger partial charge is 0.410 e. The predicted octanol–water partition coefficient (Wildman–Crippen LogP) is 1.77. The van der Waals surface area contributed by atoms with Gasteiger partial charge in [0.1, 0.15) is 11.4 Å². The van der Waals surface area contributed by atoms with E-state index < -0.39 is 5.60 Å². The van der Waals surface area contributed by atoms with Crippen LogP contribution in [-0.2, 0) is 4.74 Å². The molecule has 0 atom stereocenters. The van der Waals surface area contributed by atoms with Crippen LogP contribution in [0.1, 0.15) is 40.5 Å². The summed E-state index contributed by atoms with van der Waals surface area (Å²) in [5, 5.41) is 11.8. The van der Waals surface area contributed by atoms with Gasteiger partial charge in [-0.3, -0.25) is 0 Å². The number of piperidine rings is 1. The van der Waals surface area contributed by atoms with Gasteiger partial charge in [-0.05, 0) is 33.6 Å². The minimum absolute atomic E-state index is 0.228. The number of nitrogens with two attached hydrogens (primary N) is 1. The number of hydrogen-bond donors (Lipinski definition) is 2. The monoisotopic (exact) mass is 257 g/mol. The fourth-order valence-corrected chi connectivity index (χ4v) is 1.89. The first-order chi connectivity index (χ1) is 8.18. The molecular weight excluding hydrogens is 234 g/mol. The number of ether oxygens (including phenoxy) is 1. The molecule has 104 valence electrons. The van der Waals surface area contributed by atoms with Gasteiger partial charge in [-0.25, -0.2) is 4.79 Å². The van der Waals surface area contributed by atoms with E-state index in [0.29, 0.717) is 25.9 Å². The van der Waals surface area contributed by atoms with Gasteiger partial charge in [0.2, 0.25) is 0 Å². The molecule has 1 heterocycles. The SMILES string of the molecule is CC(C)(C)OC(=O)N1CCC(C)(C(N)=NO)CC1. The Bertz CT molecular complexity index is 339. The second kappa shape index (κ2) is 5.04.